The Kier molecular flexibility index (Phi) is 34.5. The molecule has 14 aromatic carbocycles. The van der Waals surface area contributed by atoms with Crippen molar-refractivity contribution in [2.24, 2.45) is 0 Å². The minimum absolute atomic E-state index is 0.00941. The zero-order valence-corrected chi connectivity index (χ0v) is 78.5. The molecule has 26 nitrogen and oxygen atoms in total. The number of benzene rings is 14. The van der Waals surface area contributed by atoms with Crippen LogP contribution in [-0.2, 0) is 73.5 Å². The van der Waals surface area contributed by atoms with Gasteiger partial charge in [0.15, 0.2) is 92.1 Å². The van der Waals surface area contributed by atoms with E-state index in [9.17, 15) is 59.5 Å². The molecule has 0 spiro atoms. The Balaban J connectivity index is 0.000000125. The molecule has 0 aromatic heterocycles. The SMILES string of the molecule is O=C(CCc1ccc(F)c(F)c1)Nc1ccc2c(c1)OCCO2.O=C(CCc1ccc(F)cc1F)Nc1ccc2c(c1)OCCO2.O=C(CCc1ccc2c(c1)OCO2)Nc1ccc2c(c1)OCCO2.O=C(CCc1ccc2ccccc2c1)Nc1ccc2c(c1)OCCO2.O=C(CCc1cccc(C(F)(F)F)c1)Nc1ccc2c(c1)OCCO2.O=C(CCc1cccc2ccccc12)Nc1ccc2c(c1)OCCO2. The van der Waals surface area contributed by atoms with E-state index in [1.54, 1.807) is 66.7 Å². The van der Waals surface area contributed by atoms with Gasteiger partial charge in [0.25, 0.3) is 0 Å². The van der Waals surface area contributed by atoms with Gasteiger partial charge in [0, 0.05) is 115 Å². The van der Waals surface area contributed by atoms with Crippen LogP contribution >= 0.6 is 0 Å². The molecule has 6 amide bonds. The van der Waals surface area contributed by atoms with Crippen LogP contribution in [0.2, 0.25) is 0 Å². The maximum atomic E-state index is 13.5. The number of nitrogens with one attached hydrogen (secondary N) is 6. The molecule has 0 atom stereocenters. The number of amides is 6. The van der Waals surface area contributed by atoms with Crippen molar-refractivity contribution in [3.63, 3.8) is 0 Å². The molecular formula is C112H101F7N6O20. The number of halogens is 7. The first-order valence-electron chi connectivity index (χ1n) is 47.0. The van der Waals surface area contributed by atoms with Gasteiger partial charge < -0.3 is 98.2 Å². The van der Waals surface area contributed by atoms with Crippen molar-refractivity contribution in [3.05, 3.63) is 335 Å². The summed E-state index contributed by atoms with van der Waals surface area (Å²) in [6.45, 7) is 6.39. The number of ether oxygens (including phenoxy) is 14. The fourth-order valence-corrected chi connectivity index (χ4v) is 15.9. The lowest BCUT2D eigenvalue weighted by Crippen LogP contribution is -2.16. The lowest BCUT2D eigenvalue weighted by atomic mass is 10.0. The molecule has 0 saturated heterocycles. The van der Waals surface area contributed by atoms with E-state index in [1.807, 2.05) is 97.1 Å². The van der Waals surface area contributed by atoms with Gasteiger partial charge in [-0.2, -0.15) is 13.2 Å². The first kappa shape index (κ1) is 101. The van der Waals surface area contributed by atoms with Gasteiger partial charge in [-0.15, -0.1) is 0 Å². The van der Waals surface area contributed by atoms with Gasteiger partial charge in [-0.1, -0.05) is 121 Å². The van der Waals surface area contributed by atoms with Crippen LogP contribution in [0.5, 0.6) is 80.5 Å². The minimum atomic E-state index is -4.39. The monoisotopic (exact) mass is 1980 g/mol. The van der Waals surface area contributed by atoms with Crippen LogP contribution in [0.4, 0.5) is 64.9 Å². The topological polar surface area (TPSA) is 304 Å². The van der Waals surface area contributed by atoms with E-state index >= 15 is 0 Å². The molecule has 14 aromatic rings. The maximum absolute atomic E-state index is 13.5. The van der Waals surface area contributed by atoms with Gasteiger partial charge in [0.2, 0.25) is 42.2 Å². The molecule has 0 aliphatic carbocycles. The Morgan fingerprint density at radius 1 is 0.228 bits per heavy atom. The predicted molar refractivity (Wildman–Crippen MR) is 531 cm³/mol. The van der Waals surface area contributed by atoms with Gasteiger partial charge >= 0.3 is 6.18 Å². The van der Waals surface area contributed by atoms with Crippen molar-refractivity contribution in [1.29, 1.82) is 0 Å². The fourth-order valence-electron chi connectivity index (χ4n) is 15.9. The number of hydrogen-bond donors (Lipinski definition) is 6. The number of fused-ring (bicyclic) bond motifs is 9. The summed E-state index contributed by atoms with van der Waals surface area (Å²) in [5, 5.41) is 21.7. The van der Waals surface area contributed by atoms with Gasteiger partial charge in [0.1, 0.15) is 90.9 Å². The molecule has 145 heavy (non-hydrogen) atoms. The summed E-state index contributed by atoms with van der Waals surface area (Å²) in [6, 6.07) is 78.4. The van der Waals surface area contributed by atoms with Crippen molar-refractivity contribution in [1.82, 2.24) is 0 Å². The Morgan fingerprint density at radius 3 is 0.945 bits per heavy atom. The number of hydrogen-bond acceptors (Lipinski definition) is 20. The molecule has 33 heteroatoms. The summed E-state index contributed by atoms with van der Waals surface area (Å²) < 4.78 is 167. The highest BCUT2D eigenvalue weighted by Crippen LogP contribution is 2.41. The van der Waals surface area contributed by atoms with Crippen LogP contribution in [0.25, 0.3) is 21.5 Å². The lowest BCUT2D eigenvalue weighted by Gasteiger charge is -2.19. The van der Waals surface area contributed by atoms with Crippen molar-refractivity contribution in [3.8, 4) is 80.5 Å². The molecule has 0 fully saturated rings. The second-order valence-corrected chi connectivity index (χ2v) is 33.6. The van der Waals surface area contributed by atoms with Crippen molar-refractivity contribution >= 4 is 91.1 Å². The molecule has 7 heterocycles. The Bertz CT molecular complexity index is 6960. The van der Waals surface area contributed by atoms with Gasteiger partial charge in [-0.05, 0) is 203 Å². The molecular weight excluding hydrogens is 1880 g/mol. The number of anilines is 6. The minimum Gasteiger partial charge on any atom is -0.486 e. The van der Waals surface area contributed by atoms with E-state index in [4.69, 9.17) is 66.3 Å². The maximum Gasteiger partial charge on any atom is 0.416 e. The van der Waals surface area contributed by atoms with Crippen LogP contribution in [0.15, 0.2) is 273 Å². The van der Waals surface area contributed by atoms with Crippen LogP contribution in [0, 0.1) is 23.3 Å². The highest BCUT2D eigenvalue weighted by molar-refractivity contribution is 5.96. The third-order valence-electron chi connectivity index (χ3n) is 23.1. The number of carbonyl (C=O) groups is 6. The normalized spacial score (nSPS) is 13.2. The zero-order chi connectivity index (χ0) is 101. The first-order valence-corrected chi connectivity index (χ1v) is 47.0. The summed E-state index contributed by atoms with van der Waals surface area (Å²) in [4.78, 5) is 72.6. The average Bonchev–Trinajstić information content (AvgIpc) is 1.80. The molecule has 0 radical (unpaired) electrons. The van der Waals surface area contributed by atoms with E-state index in [-0.39, 0.29) is 74.3 Å². The van der Waals surface area contributed by atoms with E-state index in [1.165, 1.54) is 51.4 Å². The van der Waals surface area contributed by atoms with Crippen LogP contribution < -0.4 is 98.2 Å². The smallest absolute Gasteiger partial charge is 0.416 e. The molecule has 7 aliphatic heterocycles. The fraction of sp³-hybridized carbons (Fsp3) is 0.232. The first-order chi connectivity index (χ1) is 70.5. The van der Waals surface area contributed by atoms with Crippen LogP contribution in [0.3, 0.4) is 0 Å². The quantitative estimate of drug-likeness (QED) is 0.0306. The number of rotatable bonds is 24. The van der Waals surface area contributed by atoms with Crippen LogP contribution in [0.1, 0.15) is 77.5 Å². The Morgan fingerprint density at radius 2 is 0.538 bits per heavy atom. The Hall–Kier alpha value is -16.9. The molecule has 21 rings (SSSR count). The standard InChI is InChI=1S/2C21H19NO3.C18H16F3NO3.C18H17NO5.2C17H15F2NO3/c23-21(22-17-9-10-19-20(14-17)25-13-12-24-19)11-8-16-6-3-5-15-4-1-2-7-18(15)16;23-21(22-18-8-9-19-20(14-18)25-12-11-24-19)10-6-15-5-7-16-3-1-2-4-17(16)13-15;19-18(20,21)13-3-1-2-12(10-13)4-7-17(23)22-14-5-6-15-16(11-14)25-9-8-24-15;20-18(6-2-12-1-4-15-16(9-12)24-11-23-15)19-13-3-5-14-17(10-13)22-8-7-21-14;18-13-4-1-11(9-14(13)19)2-6-17(21)20-12-3-5-15-16(10-12)23-8-7-22-15;18-12-3-1-11(14(19)9-12)2-6-17(21)20-13-4-5-15-16(10-13)23-8-7-22-15/h1-7,9-10,14H,8,11-13H2,(H,22,23);1-5,7-9,13-14H,6,10-12H2,(H,22,23);1-3,5-6,10-11H,4,7-9H2,(H,22,23);1,3-5,9-10H,2,6-8,11H2,(H,19,20);2*1,3-5,9-10H,2,6-8H2,(H,20,21). The predicted octanol–water partition coefficient (Wildman–Crippen LogP) is 21.8. The molecule has 0 bridgehead atoms. The van der Waals surface area contributed by atoms with Gasteiger partial charge in [-0.25, -0.2) is 17.6 Å². The van der Waals surface area contributed by atoms with Gasteiger partial charge in [0.05, 0.1) is 5.56 Å². The van der Waals surface area contributed by atoms with Crippen LogP contribution in [-0.4, -0.2) is 122 Å². The Labute approximate surface area is 829 Å². The summed E-state index contributed by atoms with van der Waals surface area (Å²) >= 11 is 0. The van der Waals surface area contributed by atoms with E-state index in [0.29, 0.717) is 221 Å². The zero-order valence-electron chi connectivity index (χ0n) is 78.5. The van der Waals surface area contributed by atoms with E-state index in [2.05, 4.69) is 86.5 Å². The summed E-state index contributed by atoms with van der Waals surface area (Å²) in [6.07, 6.45) is 0.00141. The van der Waals surface area contributed by atoms with Crippen molar-refractivity contribution in [2.45, 2.75) is 83.2 Å². The third-order valence-corrected chi connectivity index (χ3v) is 23.1. The molecule has 748 valence electrons. The summed E-state index contributed by atoms with van der Waals surface area (Å²) in [5.74, 6) is 5.39. The van der Waals surface area contributed by atoms with Gasteiger partial charge in [-0.3, -0.25) is 28.8 Å². The second-order valence-electron chi connectivity index (χ2n) is 33.6. The van der Waals surface area contributed by atoms with Crippen molar-refractivity contribution in [2.75, 3.05) is 118 Å². The average molecular weight is 1980 g/mol. The molecule has 6 N–H and O–H groups in total. The summed E-state index contributed by atoms with van der Waals surface area (Å²) in [5.41, 5.74) is 7.92. The second kappa shape index (κ2) is 49.5. The van der Waals surface area contributed by atoms with E-state index in [0.717, 1.165) is 75.8 Å². The summed E-state index contributed by atoms with van der Waals surface area (Å²) in [7, 11) is 0. The molecule has 7 aliphatic rings. The molecule has 0 saturated carbocycles. The number of carbonyl (C=O) groups excluding carboxylic acids is 6. The largest absolute Gasteiger partial charge is 0.486 e. The third kappa shape index (κ3) is 29.6. The van der Waals surface area contributed by atoms with Crippen molar-refractivity contribution < 1.29 is 126 Å². The molecule has 0 unspecified atom stereocenters. The highest BCUT2D eigenvalue weighted by atomic mass is 19.4. The highest BCUT2D eigenvalue weighted by Gasteiger charge is 2.31. The number of alkyl halides is 3. The van der Waals surface area contributed by atoms with E-state index < -0.39 is 35.0 Å². The lowest BCUT2D eigenvalue weighted by molar-refractivity contribution is -0.137. The number of aryl methyl sites for hydroxylation is 6.